The van der Waals surface area contributed by atoms with Crippen LogP contribution in [0.25, 0.3) is 0 Å². The Hall–Kier alpha value is -1.88. The molecule has 96 valence electrons. The smallest absolute Gasteiger partial charge is 0.307 e. The Balaban J connectivity index is 1.90. The fourth-order valence-electron chi connectivity index (χ4n) is 1.91. The van der Waals surface area contributed by atoms with Crippen LogP contribution in [-0.4, -0.2) is 23.5 Å². The molecular weight excluding hydrogens is 232 g/mol. The molecule has 0 fully saturated rings. The summed E-state index contributed by atoms with van der Waals surface area (Å²) in [6.07, 6.45) is 0.425. The highest BCUT2D eigenvalue weighted by Crippen LogP contribution is 2.23. The first-order valence-corrected chi connectivity index (χ1v) is 5.91. The Morgan fingerprint density at radius 3 is 3.06 bits per heavy atom. The summed E-state index contributed by atoms with van der Waals surface area (Å²) in [6.45, 7) is 2.71. The van der Waals surface area contributed by atoms with Gasteiger partial charge in [-0.15, -0.1) is 0 Å². The van der Waals surface area contributed by atoms with Gasteiger partial charge in [0.05, 0.1) is 12.3 Å². The standard InChI is InChI=1S/C13H16N2O3/c1-8(13(17)18)6-14-7-9-2-3-11-10(4-9)5-12(16)15-11/h2-4,8,14H,5-7H2,1H3,(H,15,16)(H,17,18). The molecule has 1 heterocycles. The van der Waals surface area contributed by atoms with Crippen molar-refractivity contribution in [3.05, 3.63) is 29.3 Å². The topological polar surface area (TPSA) is 78.4 Å². The lowest BCUT2D eigenvalue weighted by Gasteiger charge is -2.09. The van der Waals surface area contributed by atoms with E-state index in [4.69, 9.17) is 5.11 Å². The number of fused-ring (bicyclic) bond motifs is 1. The lowest BCUT2D eigenvalue weighted by molar-refractivity contribution is -0.140. The molecule has 0 bridgehead atoms. The van der Waals surface area contributed by atoms with Crippen LogP contribution >= 0.6 is 0 Å². The number of rotatable bonds is 5. The van der Waals surface area contributed by atoms with Gasteiger partial charge in [-0.1, -0.05) is 19.1 Å². The first-order chi connectivity index (χ1) is 8.56. The number of amides is 1. The molecule has 5 nitrogen and oxygen atoms in total. The highest BCUT2D eigenvalue weighted by molar-refractivity contribution is 5.99. The summed E-state index contributed by atoms with van der Waals surface area (Å²) in [5, 5.41) is 14.6. The summed E-state index contributed by atoms with van der Waals surface area (Å²) < 4.78 is 0. The monoisotopic (exact) mass is 248 g/mol. The second kappa shape index (κ2) is 5.18. The van der Waals surface area contributed by atoms with Gasteiger partial charge in [-0.05, 0) is 17.2 Å². The normalized spacial score (nSPS) is 15.1. The third kappa shape index (κ3) is 2.87. The van der Waals surface area contributed by atoms with Crippen molar-refractivity contribution in [1.29, 1.82) is 0 Å². The Kier molecular flexibility index (Phi) is 3.62. The van der Waals surface area contributed by atoms with Crippen molar-refractivity contribution >= 4 is 17.6 Å². The third-order valence-corrected chi connectivity index (χ3v) is 3.00. The van der Waals surface area contributed by atoms with E-state index in [-0.39, 0.29) is 5.91 Å². The van der Waals surface area contributed by atoms with Gasteiger partial charge in [-0.3, -0.25) is 9.59 Å². The number of carbonyl (C=O) groups excluding carboxylic acids is 1. The summed E-state index contributed by atoms with van der Waals surface area (Å²) in [6, 6.07) is 5.80. The molecule has 1 aliphatic rings. The van der Waals surface area contributed by atoms with Crippen LogP contribution in [0.4, 0.5) is 5.69 Å². The highest BCUT2D eigenvalue weighted by Gasteiger charge is 2.17. The Morgan fingerprint density at radius 1 is 1.56 bits per heavy atom. The third-order valence-electron chi connectivity index (χ3n) is 3.00. The van der Waals surface area contributed by atoms with Gasteiger partial charge in [0.25, 0.3) is 0 Å². The molecule has 1 aromatic carbocycles. The van der Waals surface area contributed by atoms with Gasteiger partial charge in [0, 0.05) is 18.8 Å². The van der Waals surface area contributed by atoms with Crippen molar-refractivity contribution in [3.8, 4) is 0 Å². The van der Waals surface area contributed by atoms with E-state index < -0.39 is 11.9 Å². The van der Waals surface area contributed by atoms with Crippen LogP contribution in [0.15, 0.2) is 18.2 Å². The highest BCUT2D eigenvalue weighted by atomic mass is 16.4. The molecule has 3 N–H and O–H groups in total. The number of hydrogen-bond donors (Lipinski definition) is 3. The van der Waals surface area contributed by atoms with Crippen molar-refractivity contribution in [3.63, 3.8) is 0 Å². The first kappa shape index (κ1) is 12.6. The maximum atomic E-state index is 11.2. The van der Waals surface area contributed by atoms with Crippen LogP contribution in [0, 0.1) is 5.92 Å². The van der Waals surface area contributed by atoms with E-state index in [0.717, 1.165) is 16.8 Å². The van der Waals surface area contributed by atoms with Crippen molar-refractivity contribution < 1.29 is 14.7 Å². The Morgan fingerprint density at radius 2 is 2.33 bits per heavy atom. The molecule has 0 saturated heterocycles. The molecule has 5 heteroatoms. The van der Waals surface area contributed by atoms with Crippen molar-refractivity contribution in [2.45, 2.75) is 19.9 Å². The van der Waals surface area contributed by atoms with E-state index in [9.17, 15) is 9.59 Å². The largest absolute Gasteiger partial charge is 0.481 e. The molecule has 1 aromatic rings. The molecule has 1 atom stereocenters. The average molecular weight is 248 g/mol. The Labute approximate surface area is 105 Å². The fraction of sp³-hybridized carbons (Fsp3) is 0.385. The number of carboxylic acids is 1. The lowest BCUT2D eigenvalue weighted by Crippen LogP contribution is -2.25. The summed E-state index contributed by atoms with van der Waals surface area (Å²) in [7, 11) is 0. The minimum atomic E-state index is -0.800. The van der Waals surface area contributed by atoms with Gasteiger partial charge in [0.2, 0.25) is 5.91 Å². The molecule has 0 aromatic heterocycles. The zero-order valence-electron chi connectivity index (χ0n) is 10.2. The van der Waals surface area contributed by atoms with Gasteiger partial charge in [0.15, 0.2) is 0 Å². The molecular formula is C13H16N2O3. The molecule has 1 aliphatic heterocycles. The van der Waals surface area contributed by atoms with Gasteiger partial charge in [-0.2, -0.15) is 0 Å². The molecule has 18 heavy (non-hydrogen) atoms. The van der Waals surface area contributed by atoms with Crippen LogP contribution in [0.2, 0.25) is 0 Å². The minimum Gasteiger partial charge on any atom is -0.481 e. The number of carboxylic acid groups (broad SMARTS) is 1. The van der Waals surface area contributed by atoms with Crippen molar-refractivity contribution in [1.82, 2.24) is 5.32 Å². The minimum absolute atomic E-state index is 0.0228. The van der Waals surface area contributed by atoms with E-state index in [1.807, 2.05) is 18.2 Å². The van der Waals surface area contributed by atoms with Crippen LogP contribution in [0.3, 0.4) is 0 Å². The van der Waals surface area contributed by atoms with Crippen molar-refractivity contribution in [2.75, 3.05) is 11.9 Å². The van der Waals surface area contributed by atoms with Crippen molar-refractivity contribution in [2.24, 2.45) is 5.92 Å². The van der Waals surface area contributed by atoms with E-state index in [1.165, 1.54) is 0 Å². The van der Waals surface area contributed by atoms with Crippen LogP contribution in [-0.2, 0) is 22.6 Å². The zero-order valence-corrected chi connectivity index (χ0v) is 10.2. The van der Waals surface area contributed by atoms with Gasteiger partial charge in [-0.25, -0.2) is 0 Å². The number of carbonyl (C=O) groups is 2. The van der Waals surface area contributed by atoms with E-state index in [2.05, 4.69) is 10.6 Å². The molecule has 0 saturated carbocycles. The maximum absolute atomic E-state index is 11.2. The predicted molar refractivity (Wildman–Crippen MR) is 67.3 cm³/mol. The van der Waals surface area contributed by atoms with Crippen LogP contribution < -0.4 is 10.6 Å². The van der Waals surface area contributed by atoms with Gasteiger partial charge in [0.1, 0.15) is 0 Å². The second-order valence-corrected chi connectivity index (χ2v) is 4.59. The molecule has 1 amide bonds. The first-order valence-electron chi connectivity index (χ1n) is 5.91. The lowest BCUT2D eigenvalue weighted by atomic mass is 10.1. The number of aliphatic carboxylic acids is 1. The fourth-order valence-corrected chi connectivity index (χ4v) is 1.91. The average Bonchev–Trinajstić information content (AvgIpc) is 2.68. The number of nitrogens with one attached hydrogen (secondary N) is 2. The quantitative estimate of drug-likeness (QED) is 0.726. The molecule has 0 spiro atoms. The SMILES string of the molecule is CC(CNCc1ccc2c(c1)CC(=O)N2)C(=O)O. The van der Waals surface area contributed by atoms with Gasteiger partial charge >= 0.3 is 5.97 Å². The van der Waals surface area contributed by atoms with E-state index in [1.54, 1.807) is 6.92 Å². The number of benzene rings is 1. The molecule has 2 rings (SSSR count). The number of hydrogen-bond acceptors (Lipinski definition) is 3. The predicted octanol–water partition coefficient (Wildman–Crippen LogP) is 0.992. The Bertz CT molecular complexity index is 485. The summed E-state index contributed by atoms with van der Waals surface area (Å²) in [4.78, 5) is 21.8. The second-order valence-electron chi connectivity index (χ2n) is 4.59. The zero-order chi connectivity index (χ0) is 13.1. The molecule has 0 radical (unpaired) electrons. The van der Waals surface area contributed by atoms with E-state index in [0.29, 0.717) is 19.5 Å². The maximum Gasteiger partial charge on any atom is 0.307 e. The van der Waals surface area contributed by atoms with Crippen LogP contribution in [0.1, 0.15) is 18.1 Å². The summed E-state index contributed by atoms with van der Waals surface area (Å²) in [5.41, 5.74) is 2.94. The van der Waals surface area contributed by atoms with E-state index >= 15 is 0 Å². The number of anilines is 1. The van der Waals surface area contributed by atoms with Crippen LogP contribution in [0.5, 0.6) is 0 Å². The summed E-state index contributed by atoms with van der Waals surface area (Å²) in [5.74, 6) is -1.18. The molecule has 0 aliphatic carbocycles. The van der Waals surface area contributed by atoms with Gasteiger partial charge < -0.3 is 15.7 Å². The molecule has 1 unspecified atom stereocenters. The summed E-state index contributed by atoms with van der Waals surface area (Å²) >= 11 is 0.